The molecule has 0 aliphatic heterocycles. The Morgan fingerprint density at radius 2 is 1.10 bits per heavy atom. The predicted molar refractivity (Wildman–Crippen MR) is 246 cm³/mol. The Bertz CT molecular complexity index is 4500. The predicted octanol–water partition coefficient (Wildman–Crippen LogP) is 6.09. The minimum atomic E-state index is -4.76. The zero-order valence-electron chi connectivity index (χ0n) is 34.6. The summed E-state index contributed by atoms with van der Waals surface area (Å²) in [7, 11) is -20.2. The maximum atomic E-state index is 12.5. The van der Waals surface area contributed by atoms with Crippen molar-refractivity contribution in [2.24, 2.45) is 10.2 Å². The lowest BCUT2D eigenvalue weighted by Gasteiger charge is -2.09. The van der Waals surface area contributed by atoms with Gasteiger partial charge in [-0.2, -0.15) is 45.1 Å². The van der Waals surface area contributed by atoms with Crippen molar-refractivity contribution in [3.05, 3.63) is 138 Å². The molecule has 0 unspecified atom stereocenters. The van der Waals surface area contributed by atoms with Crippen LogP contribution in [0.5, 0.6) is 0 Å². The van der Waals surface area contributed by atoms with Crippen LogP contribution in [0.3, 0.4) is 0 Å². The lowest BCUT2D eigenvalue weighted by Crippen LogP contribution is -2.04. The van der Waals surface area contributed by atoms with Gasteiger partial charge in [-0.25, -0.2) is 0 Å². The topological polar surface area (TPSA) is 318 Å². The number of hydrogen-bond acceptors (Lipinski definition) is 14. The maximum Gasteiger partial charge on any atom is 0.425 e. The molecule has 0 atom stereocenters. The van der Waals surface area contributed by atoms with E-state index < -0.39 is 61.4 Å². The van der Waals surface area contributed by atoms with Crippen LogP contribution in [0.4, 0.5) is 11.4 Å². The van der Waals surface area contributed by atoms with Gasteiger partial charge in [0.15, 0.2) is 0 Å². The highest BCUT2D eigenvalue weighted by molar-refractivity contribution is 7.86. The number of aryl methyl sites for hydroxylation is 1. The van der Waals surface area contributed by atoms with Crippen molar-refractivity contribution >= 4 is 119 Å². The van der Waals surface area contributed by atoms with E-state index >= 15 is 0 Å². The van der Waals surface area contributed by atoms with Crippen LogP contribution in [0.25, 0.3) is 67.1 Å². The molecule has 28 heteroatoms. The van der Waals surface area contributed by atoms with E-state index in [1.165, 1.54) is 18.2 Å². The molecule has 0 spiro atoms. The molecule has 0 saturated carbocycles. The molecule has 7 aromatic carbocycles. The second-order valence-corrected chi connectivity index (χ2v) is 20.0. The Morgan fingerprint density at radius 3 is 1.72 bits per heavy atom. The van der Waals surface area contributed by atoms with Gasteiger partial charge in [0.25, 0.3) is 30.4 Å². The Hall–Kier alpha value is -7.83. The average molecular weight is 1030 g/mol. The van der Waals surface area contributed by atoms with Crippen LogP contribution in [0.2, 0.25) is 0 Å². The summed E-state index contributed by atoms with van der Waals surface area (Å²) in [6.07, 6.45) is 3.36. The first-order valence-electron chi connectivity index (χ1n) is 19.4. The van der Waals surface area contributed by atoms with Gasteiger partial charge in [0.1, 0.15) is 31.9 Å². The van der Waals surface area contributed by atoms with E-state index in [-0.39, 0.29) is 10.3 Å². The van der Waals surface area contributed by atoms with Crippen molar-refractivity contribution < 1.29 is 64.2 Å². The zero-order valence-corrected chi connectivity index (χ0v) is 38.6. The minimum absolute atomic E-state index is 0.0630. The van der Waals surface area contributed by atoms with E-state index in [4.69, 9.17) is 25.3 Å². The third-order valence-electron chi connectivity index (χ3n) is 10.9. The highest BCUT2D eigenvalue weighted by atomic mass is 32.2. The van der Waals surface area contributed by atoms with Crippen molar-refractivity contribution in [3.63, 3.8) is 0 Å². The molecule has 0 aliphatic carbocycles. The van der Waals surface area contributed by atoms with E-state index in [1.807, 2.05) is 63.4 Å². The molecule has 3 N–H and O–H groups in total. The highest BCUT2D eigenvalue weighted by Gasteiger charge is 2.31. The van der Waals surface area contributed by atoms with Gasteiger partial charge >= 0.3 is 21.2 Å². The normalized spacial score (nSPS) is 12.6. The highest BCUT2D eigenvalue weighted by Crippen LogP contribution is 2.39. The van der Waals surface area contributed by atoms with Crippen LogP contribution in [0.1, 0.15) is 16.7 Å². The summed E-state index contributed by atoms with van der Waals surface area (Å²) in [5, 5.41) is 11.3. The fraction of sp³-hybridized carbons (Fsp3) is 0.0244. The lowest BCUT2D eigenvalue weighted by molar-refractivity contribution is 0.480. The lowest BCUT2D eigenvalue weighted by atomic mass is 10.1. The first-order chi connectivity index (χ1) is 32.5. The summed E-state index contributed by atoms with van der Waals surface area (Å²) in [5.41, 5.74) is 7.34. The first-order valence-corrected chi connectivity index (χ1v) is 25.7. The second-order valence-electron chi connectivity index (χ2n) is 15.0. The third-order valence-corrected chi connectivity index (χ3v) is 13.5. The first kappa shape index (κ1) is 46.3. The summed E-state index contributed by atoms with van der Waals surface area (Å²) >= 11 is 0. The van der Waals surface area contributed by atoms with Crippen LogP contribution in [-0.2, 0) is 51.6 Å². The van der Waals surface area contributed by atoms with Gasteiger partial charge in [0.05, 0.1) is 27.6 Å². The van der Waals surface area contributed by atoms with Gasteiger partial charge in [0, 0.05) is 16.2 Å². The van der Waals surface area contributed by atoms with E-state index in [1.54, 1.807) is 74.7 Å². The van der Waals surface area contributed by atoms with Crippen molar-refractivity contribution in [3.8, 4) is 11.4 Å². The molecular weight excluding hydrogens is 1000 g/mol. The molecule has 4 heterocycles. The zero-order chi connectivity index (χ0) is 49.5. The molecule has 69 heavy (non-hydrogen) atoms. The standard InChI is InChI=1S/C41H28N8O9S3.2O3S/c1-24-20-29(44-47-37-23-39(61(56,57)58)34-22-31(59(50,51)52)16-17-33(34)41(37)49(44)47)15-18-35(24)43-42-28-12-7-25(8-13-28)6-9-27-10-14-30(21-38(27)60(53,54)55)45-46-36-19-11-26-4-2-3-5-32(26)40(36)48(45)46;2*1-4(2)3/h2-23H,1H3,(H,50,51,52)(H,53,54,55)(H,56,57,58);;. The average Bonchev–Trinajstić information content (AvgIpc) is 4.13. The van der Waals surface area contributed by atoms with Crippen LogP contribution in [0.15, 0.2) is 146 Å². The minimum Gasteiger partial charge on any atom is -0.282 e. The van der Waals surface area contributed by atoms with Crippen LogP contribution in [0, 0.1) is 6.92 Å². The summed E-state index contributed by atoms with van der Waals surface area (Å²) in [5.74, 6) is 0. The van der Waals surface area contributed by atoms with Gasteiger partial charge in [-0.3, -0.25) is 13.7 Å². The monoisotopic (exact) mass is 1030 g/mol. The number of azo groups is 1. The van der Waals surface area contributed by atoms with Crippen molar-refractivity contribution in [1.82, 2.24) is 28.1 Å². The van der Waals surface area contributed by atoms with E-state index in [2.05, 4.69) is 10.2 Å². The molecule has 23 nitrogen and oxygen atoms in total. The largest absolute Gasteiger partial charge is 0.425 e. The number of fused-ring (bicyclic) bond motifs is 12. The van der Waals surface area contributed by atoms with E-state index in [9.17, 15) is 38.9 Å². The van der Waals surface area contributed by atoms with Gasteiger partial charge in [-0.1, -0.05) is 66.7 Å². The Balaban J connectivity index is 0.000000690. The number of hydrogen-bond donors (Lipinski definition) is 3. The molecule has 0 saturated heterocycles. The van der Waals surface area contributed by atoms with Crippen LogP contribution < -0.4 is 0 Å². The molecule has 11 aromatic rings. The van der Waals surface area contributed by atoms with E-state index in [0.717, 1.165) is 45.1 Å². The maximum absolute atomic E-state index is 12.5. The Morgan fingerprint density at radius 1 is 0.507 bits per heavy atom. The van der Waals surface area contributed by atoms with Gasteiger partial charge in [0.2, 0.25) is 0 Å². The summed E-state index contributed by atoms with van der Waals surface area (Å²) in [4.78, 5) is 2.37. The molecule has 4 aromatic heterocycles. The van der Waals surface area contributed by atoms with Crippen LogP contribution >= 0.6 is 0 Å². The quantitative estimate of drug-likeness (QED) is 0.0837. The molecule has 0 aliphatic rings. The van der Waals surface area contributed by atoms with Crippen molar-refractivity contribution in [2.45, 2.75) is 21.6 Å². The van der Waals surface area contributed by atoms with Crippen molar-refractivity contribution in [2.75, 3.05) is 0 Å². The smallest absolute Gasteiger partial charge is 0.282 e. The fourth-order valence-electron chi connectivity index (χ4n) is 7.92. The Labute approximate surface area is 390 Å². The summed E-state index contributed by atoms with van der Waals surface area (Å²) in [6, 6.07) is 34.3. The number of aromatic nitrogens is 6. The molecular formula is C41H28N8O15S5. The molecule has 0 amide bonds. The van der Waals surface area contributed by atoms with Gasteiger partial charge in [-0.15, -0.1) is 43.8 Å². The van der Waals surface area contributed by atoms with Crippen LogP contribution in [-0.4, -0.2) is 92.3 Å². The molecule has 352 valence electrons. The summed E-state index contributed by atoms with van der Waals surface area (Å²) in [6.45, 7) is 1.85. The summed E-state index contributed by atoms with van der Waals surface area (Å²) < 4.78 is 161. The van der Waals surface area contributed by atoms with Gasteiger partial charge < -0.3 is 0 Å². The SMILES string of the molecule is Cc1cc(-n2n3c4cc(S(=O)(=O)O)c5cc(S(=O)(=O)O)ccc5c4n23)ccc1N=Nc1ccc(C=Cc2ccc(-n3n4c5ccc6ccccc6c5n34)cc2S(=O)(=O)O)cc1.O=S(=O)=O.O=S(=O)=O. The van der Waals surface area contributed by atoms with Crippen molar-refractivity contribution in [1.29, 1.82) is 0 Å². The third kappa shape index (κ3) is 8.68. The van der Waals surface area contributed by atoms with E-state index in [0.29, 0.717) is 44.7 Å². The molecule has 0 radical (unpaired) electrons. The molecule has 0 bridgehead atoms. The number of benzene rings is 7. The second kappa shape index (κ2) is 16.7. The molecule has 11 rings (SSSR count). The fourth-order valence-corrected chi connectivity index (χ4v) is 9.84. The Kier molecular flexibility index (Phi) is 11.2. The molecule has 0 fully saturated rings. The number of nitrogens with zero attached hydrogens (tertiary/aromatic N) is 8. The number of rotatable bonds is 9. The van der Waals surface area contributed by atoms with Gasteiger partial charge in [-0.05, 0) is 95.7 Å².